The minimum atomic E-state index is -0.190. The van der Waals surface area contributed by atoms with Crippen molar-refractivity contribution >= 4 is 0 Å². The standard InChI is InChI=1S/C12H24N4/c1-3-12(2,15-10-6-4-8-13-10)16-11-7-5-9-14-11/h3,10-11,13-16H,1,4-9H2,2H3. The summed E-state index contributed by atoms with van der Waals surface area (Å²) in [5, 5.41) is 14.1. The molecule has 0 aromatic heterocycles. The largest absolute Gasteiger partial charge is 0.302 e. The van der Waals surface area contributed by atoms with Gasteiger partial charge in [0.2, 0.25) is 0 Å². The number of hydrogen-bond acceptors (Lipinski definition) is 4. The highest BCUT2D eigenvalue weighted by Crippen LogP contribution is 2.11. The summed E-state index contributed by atoms with van der Waals surface area (Å²) in [6.07, 6.45) is 7.70. The Kier molecular flexibility index (Phi) is 3.97. The van der Waals surface area contributed by atoms with E-state index >= 15 is 0 Å². The molecular weight excluding hydrogens is 200 g/mol. The van der Waals surface area contributed by atoms with E-state index in [1.165, 1.54) is 25.7 Å². The minimum Gasteiger partial charge on any atom is -0.302 e. The van der Waals surface area contributed by atoms with E-state index in [4.69, 9.17) is 0 Å². The maximum absolute atomic E-state index is 3.94. The predicted molar refractivity (Wildman–Crippen MR) is 66.9 cm³/mol. The smallest absolute Gasteiger partial charge is 0.0871 e. The third-order valence-electron chi connectivity index (χ3n) is 3.48. The Morgan fingerprint density at radius 3 is 1.94 bits per heavy atom. The van der Waals surface area contributed by atoms with Gasteiger partial charge in [0.25, 0.3) is 0 Å². The lowest BCUT2D eigenvalue weighted by Crippen LogP contribution is -2.62. The molecule has 0 amide bonds. The molecule has 0 radical (unpaired) electrons. The Bertz CT molecular complexity index is 211. The summed E-state index contributed by atoms with van der Waals surface area (Å²) in [7, 11) is 0. The second kappa shape index (κ2) is 5.27. The summed E-state index contributed by atoms with van der Waals surface area (Å²) in [4.78, 5) is 0. The van der Waals surface area contributed by atoms with Crippen molar-refractivity contribution in [2.24, 2.45) is 0 Å². The van der Waals surface area contributed by atoms with Crippen molar-refractivity contribution in [1.82, 2.24) is 21.3 Å². The van der Waals surface area contributed by atoms with Gasteiger partial charge in [-0.25, -0.2) is 0 Å². The maximum atomic E-state index is 3.94. The van der Waals surface area contributed by atoms with Crippen molar-refractivity contribution in [3.63, 3.8) is 0 Å². The SMILES string of the molecule is C=CC(C)(NC1CCCN1)NC1CCCN1. The van der Waals surface area contributed by atoms with Crippen LogP contribution in [0, 0.1) is 0 Å². The second-order valence-electron chi connectivity index (χ2n) is 4.99. The summed E-state index contributed by atoms with van der Waals surface area (Å²) in [6, 6.07) is 0. The molecule has 0 aliphatic carbocycles. The highest BCUT2D eigenvalue weighted by atomic mass is 15.3. The van der Waals surface area contributed by atoms with E-state index in [2.05, 4.69) is 34.8 Å². The summed E-state index contributed by atoms with van der Waals surface area (Å²) >= 11 is 0. The lowest BCUT2D eigenvalue weighted by molar-refractivity contribution is 0.258. The predicted octanol–water partition coefficient (Wildman–Crippen LogP) is 0.487. The van der Waals surface area contributed by atoms with Crippen molar-refractivity contribution in [3.8, 4) is 0 Å². The van der Waals surface area contributed by atoms with E-state index in [1.54, 1.807) is 0 Å². The fourth-order valence-electron chi connectivity index (χ4n) is 2.50. The van der Waals surface area contributed by atoms with E-state index in [1.807, 2.05) is 6.08 Å². The zero-order valence-corrected chi connectivity index (χ0v) is 10.2. The van der Waals surface area contributed by atoms with Crippen molar-refractivity contribution in [2.45, 2.75) is 50.6 Å². The summed E-state index contributed by atoms with van der Waals surface area (Å²) < 4.78 is 0. The zero-order chi connectivity index (χ0) is 11.4. The molecule has 4 heteroatoms. The van der Waals surface area contributed by atoms with Crippen LogP contribution in [-0.2, 0) is 0 Å². The fourth-order valence-corrected chi connectivity index (χ4v) is 2.50. The van der Waals surface area contributed by atoms with Gasteiger partial charge in [0.1, 0.15) is 0 Å². The van der Waals surface area contributed by atoms with Gasteiger partial charge in [-0.15, -0.1) is 0 Å². The van der Waals surface area contributed by atoms with Crippen LogP contribution >= 0.6 is 0 Å². The molecule has 92 valence electrons. The van der Waals surface area contributed by atoms with Crippen LogP contribution in [0.2, 0.25) is 0 Å². The molecule has 2 aliphatic rings. The Morgan fingerprint density at radius 1 is 1.12 bits per heavy atom. The van der Waals surface area contributed by atoms with Crippen molar-refractivity contribution < 1.29 is 0 Å². The average Bonchev–Trinajstić information content (AvgIpc) is 2.91. The molecule has 2 fully saturated rings. The van der Waals surface area contributed by atoms with E-state index in [0.29, 0.717) is 12.3 Å². The van der Waals surface area contributed by atoms with Gasteiger partial charge in [-0.05, 0) is 45.7 Å². The number of nitrogens with one attached hydrogen (secondary N) is 4. The highest BCUT2D eigenvalue weighted by Gasteiger charge is 2.28. The van der Waals surface area contributed by atoms with Crippen LogP contribution in [0.25, 0.3) is 0 Å². The van der Waals surface area contributed by atoms with Gasteiger partial charge < -0.3 is 10.6 Å². The molecule has 0 aromatic carbocycles. The summed E-state index contributed by atoms with van der Waals surface area (Å²) in [6.45, 7) is 8.32. The van der Waals surface area contributed by atoms with Crippen LogP contribution in [0.15, 0.2) is 12.7 Å². The quantitative estimate of drug-likeness (QED) is 0.405. The molecule has 2 heterocycles. The molecule has 2 atom stereocenters. The molecule has 4 N–H and O–H groups in total. The Labute approximate surface area is 98.3 Å². The Hall–Kier alpha value is -0.420. The second-order valence-corrected chi connectivity index (χ2v) is 4.99. The average molecular weight is 224 g/mol. The molecule has 2 unspecified atom stereocenters. The fraction of sp³-hybridized carbons (Fsp3) is 0.833. The molecule has 2 rings (SSSR count). The van der Waals surface area contributed by atoms with Crippen molar-refractivity contribution in [2.75, 3.05) is 13.1 Å². The van der Waals surface area contributed by atoms with Crippen LogP contribution < -0.4 is 21.3 Å². The zero-order valence-electron chi connectivity index (χ0n) is 10.2. The van der Waals surface area contributed by atoms with E-state index in [9.17, 15) is 0 Å². The van der Waals surface area contributed by atoms with E-state index in [-0.39, 0.29) is 5.66 Å². The topological polar surface area (TPSA) is 48.1 Å². The Morgan fingerprint density at radius 2 is 1.62 bits per heavy atom. The molecule has 0 saturated carbocycles. The van der Waals surface area contributed by atoms with Crippen molar-refractivity contribution in [1.29, 1.82) is 0 Å². The van der Waals surface area contributed by atoms with Gasteiger partial charge in [-0.1, -0.05) is 12.7 Å². The highest BCUT2D eigenvalue weighted by molar-refractivity contribution is 5.01. The summed E-state index contributed by atoms with van der Waals surface area (Å²) in [5.41, 5.74) is -0.190. The molecule has 2 aliphatic heterocycles. The molecule has 0 bridgehead atoms. The first-order chi connectivity index (χ1) is 7.72. The third-order valence-corrected chi connectivity index (χ3v) is 3.48. The molecule has 0 spiro atoms. The van der Waals surface area contributed by atoms with E-state index in [0.717, 1.165) is 13.1 Å². The number of hydrogen-bond donors (Lipinski definition) is 4. The van der Waals surface area contributed by atoms with Gasteiger partial charge in [0.05, 0.1) is 18.0 Å². The lowest BCUT2D eigenvalue weighted by atomic mass is 10.1. The monoisotopic (exact) mass is 224 g/mol. The lowest BCUT2D eigenvalue weighted by Gasteiger charge is -2.35. The van der Waals surface area contributed by atoms with Crippen LogP contribution in [0.4, 0.5) is 0 Å². The van der Waals surface area contributed by atoms with Gasteiger partial charge in [0.15, 0.2) is 0 Å². The van der Waals surface area contributed by atoms with Crippen LogP contribution in [0.3, 0.4) is 0 Å². The van der Waals surface area contributed by atoms with E-state index < -0.39 is 0 Å². The van der Waals surface area contributed by atoms with Gasteiger partial charge in [-0.3, -0.25) is 10.6 Å². The molecule has 16 heavy (non-hydrogen) atoms. The Balaban J connectivity index is 1.86. The molecule has 0 aromatic rings. The molecular formula is C12H24N4. The normalized spacial score (nSPS) is 33.8. The minimum absolute atomic E-state index is 0.190. The molecule has 2 saturated heterocycles. The van der Waals surface area contributed by atoms with Gasteiger partial charge in [0, 0.05) is 0 Å². The molecule has 4 nitrogen and oxygen atoms in total. The first kappa shape index (κ1) is 12.0. The third kappa shape index (κ3) is 3.04. The number of rotatable bonds is 5. The van der Waals surface area contributed by atoms with Gasteiger partial charge >= 0.3 is 0 Å². The van der Waals surface area contributed by atoms with Crippen molar-refractivity contribution in [3.05, 3.63) is 12.7 Å². The van der Waals surface area contributed by atoms with Gasteiger partial charge in [-0.2, -0.15) is 0 Å². The van der Waals surface area contributed by atoms with Crippen LogP contribution in [0.5, 0.6) is 0 Å². The summed E-state index contributed by atoms with van der Waals surface area (Å²) in [5.74, 6) is 0. The maximum Gasteiger partial charge on any atom is 0.0871 e. The first-order valence-corrected chi connectivity index (χ1v) is 6.38. The van der Waals surface area contributed by atoms with Crippen LogP contribution in [-0.4, -0.2) is 31.1 Å². The first-order valence-electron chi connectivity index (χ1n) is 6.38. The van der Waals surface area contributed by atoms with Crippen LogP contribution in [0.1, 0.15) is 32.6 Å².